The van der Waals surface area contributed by atoms with Gasteiger partial charge in [-0.2, -0.15) is 0 Å². The molecule has 2 saturated heterocycles. The zero-order valence-corrected chi connectivity index (χ0v) is 22.0. The highest BCUT2D eigenvalue weighted by atomic mass is 35.5. The number of halogens is 2. The second kappa shape index (κ2) is 8.62. The quantitative estimate of drug-likeness (QED) is 0.244. The third-order valence-corrected chi connectivity index (χ3v) is 8.82. The van der Waals surface area contributed by atoms with E-state index in [1.807, 2.05) is 0 Å². The van der Waals surface area contributed by atoms with E-state index in [1.54, 1.807) is 53.9 Å². The summed E-state index contributed by atoms with van der Waals surface area (Å²) in [6.45, 7) is 0. The van der Waals surface area contributed by atoms with Crippen LogP contribution in [0.5, 0.6) is 0 Å². The van der Waals surface area contributed by atoms with Gasteiger partial charge in [-0.1, -0.05) is 70.2 Å². The van der Waals surface area contributed by atoms with Gasteiger partial charge in [0.15, 0.2) is 0 Å². The fourth-order valence-electron chi connectivity index (χ4n) is 5.83. The first kappa shape index (κ1) is 24.3. The molecule has 3 aromatic carbocycles. The fraction of sp³-hybridized carbons (Fsp3) is 0.143. The van der Waals surface area contributed by atoms with E-state index in [0.29, 0.717) is 16.9 Å². The van der Waals surface area contributed by atoms with E-state index < -0.39 is 46.9 Å². The Labute approximate surface area is 235 Å². The van der Waals surface area contributed by atoms with Crippen molar-refractivity contribution in [3.05, 3.63) is 98.8 Å². The predicted octanol–water partition coefficient (Wildman–Crippen LogP) is 5.21. The van der Waals surface area contributed by atoms with Gasteiger partial charge in [0.25, 0.3) is 0 Å². The number of amides is 2. The largest absolute Gasteiger partial charge is 0.349 e. The number of benzene rings is 3. The Balaban J connectivity index is 1.36. The van der Waals surface area contributed by atoms with Gasteiger partial charge in [0.1, 0.15) is 5.69 Å². The van der Waals surface area contributed by atoms with Gasteiger partial charge in [-0.25, -0.2) is 4.90 Å². The van der Waals surface area contributed by atoms with Gasteiger partial charge in [0, 0.05) is 22.1 Å². The first-order valence-corrected chi connectivity index (χ1v) is 13.5. The lowest BCUT2D eigenvalue weighted by Gasteiger charge is -2.27. The van der Waals surface area contributed by atoms with Crippen LogP contribution in [0.4, 0.5) is 5.69 Å². The molecule has 0 saturated carbocycles. The van der Waals surface area contributed by atoms with E-state index >= 15 is 0 Å². The summed E-state index contributed by atoms with van der Waals surface area (Å²) >= 11 is 13.6. The van der Waals surface area contributed by atoms with E-state index in [0.717, 1.165) is 10.5 Å². The molecule has 2 amide bonds. The molecule has 0 radical (unpaired) electrons. The van der Waals surface area contributed by atoms with Crippen molar-refractivity contribution in [2.75, 3.05) is 4.90 Å². The van der Waals surface area contributed by atoms with Crippen molar-refractivity contribution < 1.29 is 23.9 Å². The molecule has 0 bridgehead atoms. The zero-order valence-electron chi connectivity index (χ0n) is 19.7. The van der Waals surface area contributed by atoms with Gasteiger partial charge in [0.05, 0.1) is 33.7 Å². The SMILES string of the molecule is O=C1C2C(c3ccc(Cl)c(Cl)c3)OC3(C(=O)c4ccccc4C3=O)C2C(=O)N1c1ccc(-c2csnn2)cc1. The number of hydrogen-bond donors (Lipinski definition) is 0. The lowest BCUT2D eigenvalue weighted by molar-refractivity contribution is -0.127. The van der Waals surface area contributed by atoms with Crippen LogP contribution in [0.25, 0.3) is 11.3 Å². The number of Topliss-reactive ketones (excluding diaryl/α,β-unsaturated/α-hetero) is 2. The summed E-state index contributed by atoms with van der Waals surface area (Å²) in [5.74, 6) is -5.01. The number of carbonyl (C=O) groups is 4. The second-order valence-electron chi connectivity index (χ2n) is 9.50. The first-order valence-electron chi connectivity index (χ1n) is 11.9. The normalized spacial score (nSPS) is 23.1. The summed E-state index contributed by atoms with van der Waals surface area (Å²) in [7, 11) is 0. The third kappa shape index (κ3) is 3.28. The average molecular weight is 576 g/mol. The van der Waals surface area contributed by atoms with Crippen molar-refractivity contribution in [2.24, 2.45) is 11.8 Å². The Morgan fingerprint density at radius 1 is 0.846 bits per heavy atom. The number of hydrogen-bond acceptors (Lipinski definition) is 8. The number of nitrogens with zero attached hydrogens (tertiary/aromatic N) is 3. The second-order valence-corrected chi connectivity index (χ2v) is 10.9. The lowest BCUT2D eigenvalue weighted by Crippen LogP contribution is -2.51. The standard InChI is InChI=1S/C28H15Cl2N3O5S/c29-18-10-7-14(11-19(18)30)23-21-22(28(38-23)24(34)16-3-1-2-4-17(16)25(28)35)27(37)33(26(21)36)15-8-5-13(6-9-15)20-12-39-32-31-20/h1-12,21-23H. The van der Waals surface area contributed by atoms with Crippen LogP contribution >= 0.6 is 34.7 Å². The molecule has 7 rings (SSSR count). The molecule has 3 atom stereocenters. The Morgan fingerprint density at radius 2 is 1.54 bits per heavy atom. The van der Waals surface area contributed by atoms with Crippen molar-refractivity contribution >= 4 is 63.8 Å². The van der Waals surface area contributed by atoms with E-state index in [1.165, 1.54) is 29.7 Å². The predicted molar refractivity (Wildman–Crippen MR) is 143 cm³/mol. The minimum atomic E-state index is -2.17. The molecule has 1 spiro atoms. The van der Waals surface area contributed by atoms with E-state index in [2.05, 4.69) is 9.59 Å². The summed E-state index contributed by atoms with van der Waals surface area (Å²) < 4.78 is 10.1. The molecule has 8 nitrogen and oxygen atoms in total. The van der Waals surface area contributed by atoms with Crippen molar-refractivity contribution in [1.29, 1.82) is 0 Å². The van der Waals surface area contributed by atoms with E-state index in [9.17, 15) is 19.2 Å². The maximum absolute atomic E-state index is 14.1. The van der Waals surface area contributed by atoms with Crippen LogP contribution in [0.3, 0.4) is 0 Å². The molecule has 4 aromatic rings. The molecule has 3 aliphatic rings. The molecule has 3 unspecified atom stereocenters. The highest BCUT2D eigenvalue weighted by Gasteiger charge is 2.74. The monoisotopic (exact) mass is 575 g/mol. The highest BCUT2D eigenvalue weighted by molar-refractivity contribution is 7.03. The number of carbonyl (C=O) groups excluding carboxylic acids is 4. The van der Waals surface area contributed by atoms with Gasteiger partial charge >= 0.3 is 0 Å². The minimum Gasteiger partial charge on any atom is -0.349 e. The van der Waals surface area contributed by atoms with Crippen molar-refractivity contribution in [3.8, 4) is 11.3 Å². The molecule has 1 aliphatic carbocycles. The molecule has 2 fully saturated rings. The fourth-order valence-corrected chi connectivity index (χ4v) is 6.61. The number of rotatable bonds is 3. The zero-order chi connectivity index (χ0) is 27.1. The summed E-state index contributed by atoms with van der Waals surface area (Å²) in [5, 5.41) is 6.32. The van der Waals surface area contributed by atoms with Crippen LogP contribution in [-0.4, -0.2) is 38.6 Å². The smallest absolute Gasteiger partial charge is 0.241 e. The number of anilines is 1. The van der Waals surface area contributed by atoms with Crippen molar-refractivity contribution in [3.63, 3.8) is 0 Å². The summed E-state index contributed by atoms with van der Waals surface area (Å²) in [6.07, 6.45) is -1.09. The lowest BCUT2D eigenvalue weighted by atomic mass is 9.77. The maximum atomic E-state index is 14.1. The van der Waals surface area contributed by atoms with Crippen LogP contribution < -0.4 is 4.90 Å². The molecule has 0 N–H and O–H groups in total. The number of fused-ring (bicyclic) bond motifs is 3. The third-order valence-electron chi connectivity index (χ3n) is 7.57. The van der Waals surface area contributed by atoms with Gasteiger partial charge in [0.2, 0.25) is 29.0 Å². The van der Waals surface area contributed by atoms with Crippen LogP contribution in [0.2, 0.25) is 10.0 Å². The number of imide groups is 1. The maximum Gasteiger partial charge on any atom is 0.241 e. The van der Waals surface area contributed by atoms with Crippen LogP contribution in [0.15, 0.2) is 72.1 Å². The number of ether oxygens (including phenoxy) is 1. The van der Waals surface area contributed by atoms with Crippen LogP contribution in [0, 0.1) is 11.8 Å². The molecule has 3 heterocycles. The summed E-state index contributed by atoms with van der Waals surface area (Å²) in [6, 6.07) is 17.7. The van der Waals surface area contributed by atoms with E-state index in [-0.39, 0.29) is 21.2 Å². The van der Waals surface area contributed by atoms with Crippen LogP contribution in [-0.2, 0) is 14.3 Å². The van der Waals surface area contributed by atoms with Gasteiger partial charge < -0.3 is 4.74 Å². The topological polar surface area (TPSA) is 107 Å². The van der Waals surface area contributed by atoms with Gasteiger partial charge in [-0.3, -0.25) is 19.2 Å². The molecule has 39 heavy (non-hydrogen) atoms. The molecule has 192 valence electrons. The number of ketones is 2. The summed E-state index contributed by atoms with van der Waals surface area (Å²) in [5.41, 5.74) is 0.323. The Morgan fingerprint density at radius 3 is 2.15 bits per heavy atom. The summed E-state index contributed by atoms with van der Waals surface area (Å²) in [4.78, 5) is 56.8. The van der Waals surface area contributed by atoms with Crippen LogP contribution in [0.1, 0.15) is 32.4 Å². The van der Waals surface area contributed by atoms with E-state index in [4.69, 9.17) is 27.9 Å². The molecule has 1 aromatic heterocycles. The Bertz CT molecular complexity index is 1690. The average Bonchev–Trinajstić information content (AvgIpc) is 3.70. The highest BCUT2D eigenvalue weighted by Crippen LogP contribution is 2.58. The first-order chi connectivity index (χ1) is 18.8. The van der Waals surface area contributed by atoms with Gasteiger partial charge in [-0.15, -0.1) is 5.10 Å². The Kier molecular flexibility index (Phi) is 5.37. The Hall–Kier alpha value is -3.76. The van der Waals surface area contributed by atoms with Gasteiger partial charge in [-0.05, 0) is 41.4 Å². The molecule has 2 aliphatic heterocycles. The van der Waals surface area contributed by atoms with Crippen molar-refractivity contribution in [2.45, 2.75) is 11.7 Å². The number of aromatic nitrogens is 2. The minimum absolute atomic E-state index is 0.163. The van der Waals surface area contributed by atoms with Crippen molar-refractivity contribution in [1.82, 2.24) is 9.59 Å². The molecule has 11 heteroatoms. The molecular formula is C28H15Cl2N3O5S. The molecular weight excluding hydrogens is 561 g/mol.